The van der Waals surface area contributed by atoms with Gasteiger partial charge in [0.1, 0.15) is 11.9 Å². The number of urea groups is 1. The van der Waals surface area contributed by atoms with E-state index in [9.17, 15) is 14.7 Å². The predicted octanol–water partition coefficient (Wildman–Crippen LogP) is 1.90. The van der Waals surface area contributed by atoms with Crippen molar-refractivity contribution >= 4 is 17.6 Å². The van der Waals surface area contributed by atoms with Crippen molar-refractivity contribution in [1.82, 2.24) is 10.2 Å². The number of nitrogens with zero attached hydrogens (tertiary/aromatic N) is 1. The number of benzene rings is 1. The molecule has 158 valence electrons. The molecule has 2 aliphatic heterocycles. The first-order valence-corrected chi connectivity index (χ1v) is 10.0. The molecule has 0 saturated carbocycles. The summed E-state index contributed by atoms with van der Waals surface area (Å²) in [6.45, 7) is 1.34. The van der Waals surface area contributed by atoms with Gasteiger partial charge in [0.25, 0.3) is 0 Å². The first-order chi connectivity index (χ1) is 14.1. The molecule has 8 nitrogen and oxygen atoms in total. The van der Waals surface area contributed by atoms with Gasteiger partial charge in [-0.25, -0.2) is 4.79 Å². The van der Waals surface area contributed by atoms with Crippen molar-refractivity contribution in [2.75, 3.05) is 32.1 Å². The number of nitrogens with one attached hydrogen (secondary N) is 2. The topological polar surface area (TPSA) is 100 Å². The van der Waals surface area contributed by atoms with Crippen LogP contribution in [0.2, 0.25) is 0 Å². The second-order valence-corrected chi connectivity index (χ2v) is 7.28. The van der Waals surface area contributed by atoms with Gasteiger partial charge < -0.3 is 30.1 Å². The molecule has 0 unspecified atom stereocenters. The Bertz CT molecular complexity index is 733. The van der Waals surface area contributed by atoms with Gasteiger partial charge in [0.15, 0.2) is 0 Å². The van der Waals surface area contributed by atoms with E-state index in [0.717, 1.165) is 25.9 Å². The SMILES string of the molecule is COc1cccc(NC(=O)N[C@@H]2C=C[C@@H](CC(=O)N3CCCCC3)O[C@H]2CO)c1. The van der Waals surface area contributed by atoms with Crippen LogP contribution in [0.15, 0.2) is 36.4 Å². The fraction of sp³-hybridized carbons (Fsp3) is 0.524. The lowest BCUT2D eigenvalue weighted by Gasteiger charge is -2.33. The lowest BCUT2D eigenvalue weighted by molar-refractivity contribution is -0.136. The molecule has 0 spiro atoms. The highest BCUT2D eigenvalue weighted by Crippen LogP contribution is 2.19. The number of anilines is 1. The van der Waals surface area contributed by atoms with E-state index in [4.69, 9.17) is 9.47 Å². The van der Waals surface area contributed by atoms with Crippen molar-refractivity contribution in [2.24, 2.45) is 0 Å². The number of likely N-dealkylation sites (tertiary alicyclic amines) is 1. The third-order valence-corrected chi connectivity index (χ3v) is 5.17. The number of ether oxygens (including phenoxy) is 2. The van der Waals surface area contributed by atoms with Crippen LogP contribution < -0.4 is 15.4 Å². The third kappa shape index (κ3) is 5.95. The summed E-state index contributed by atoms with van der Waals surface area (Å²) in [7, 11) is 1.56. The predicted molar refractivity (Wildman–Crippen MR) is 109 cm³/mol. The van der Waals surface area contributed by atoms with E-state index < -0.39 is 24.3 Å². The van der Waals surface area contributed by atoms with E-state index in [0.29, 0.717) is 11.4 Å². The van der Waals surface area contributed by atoms with Crippen molar-refractivity contribution in [2.45, 2.75) is 43.9 Å². The van der Waals surface area contributed by atoms with Crippen molar-refractivity contribution in [3.05, 3.63) is 36.4 Å². The quantitative estimate of drug-likeness (QED) is 0.630. The maximum absolute atomic E-state index is 12.4. The first kappa shape index (κ1) is 21.1. The average Bonchev–Trinajstić information content (AvgIpc) is 2.75. The van der Waals surface area contributed by atoms with Crippen molar-refractivity contribution in [1.29, 1.82) is 0 Å². The summed E-state index contributed by atoms with van der Waals surface area (Å²) in [4.78, 5) is 26.6. The minimum atomic E-state index is -0.616. The van der Waals surface area contributed by atoms with Gasteiger partial charge in [-0.2, -0.15) is 0 Å². The number of carbonyl (C=O) groups is 2. The average molecular weight is 403 g/mol. The van der Waals surface area contributed by atoms with E-state index in [-0.39, 0.29) is 18.9 Å². The molecule has 3 rings (SSSR count). The Morgan fingerprint density at radius 2 is 2.03 bits per heavy atom. The fourth-order valence-electron chi connectivity index (χ4n) is 3.60. The zero-order valence-corrected chi connectivity index (χ0v) is 16.7. The molecule has 1 aromatic carbocycles. The summed E-state index contributed by atoms with van der Waals surface area (Å²) >= 11 is 0. The van der Waals surface area contributed by atoms with Gasteiger partial charge in [-0.3, -0.25) is 4.79 Å². The third-order valence-electron chi connectivity index (χ3n) is 5.17. The number of amides is 3. The van der Waals surface area contributed by atoms with E-state index in [1.165, 1.54) is 6.42 Å². The molecule has 2 aliphatic rings. The lowest BCUT2D eigenvalue weighted by atomic mass is 10.0. The van der Waals surface area contributed by atoms with Crippen LogP contribution in [-0.2, 0) is 9.53 Å². The summed E-state index contributed by atoms with van der Waals surface area (Å²) in [6, 6.07) is 6.11. The first-order valence-electron chi connectivity index (χ1n) is 10.0. The summed E-state index contributed by atoms with van der Waals surface area (Å²) < 4.78 is 11.0. The van der Waals surface area contributed by atoms with Gasteiger partial charge in [-0.05, 0) is 31.4 Å². The minimum absolute atomic E-state index is 0.0678. The molecular weight excluding hydrogens is 374 g/mol. The monoisotopic (exact) mass is 403 g/mol. The largest absolute Gasteiger partial charge is 0.497 e. The maximum Gasteiger partial charge on any atom is 0.319 e. The Balaban J connectivity index is 1.53. The zero-order chi connectivity index (χ0) is 20.6. The second kappa shape index (κ2) is 10.3. The number of piperidine rings is 1. The number of aliphatic hydroxyl groups is 1. The van der Waals surface area contributed by atoms with E-state index in [1.807, 2.05) is 4.90 Å². The van der Waals surface area contributed by atoms with Crippen LogP contribution in [0.3, 0.4) is 0 Å². The van der Waals surface area contributed by atoms with Gasteiger partial charge in [-0.1, -0.05) is 18.2 Å². The Morgan fingerprint density at radius 3 is 2.76 bits per heavy atom. The number of aliphatic hydroxyl groups excluding tert-OH is 1. The maximum atomic E-state index is 12.4. The smallest absolute Gasteiger partial charge is 0.319 e. The fourth-order valence-corrected chi connectivity index (χ4v) is 3.60. The normalized spacial score (nSPS) is 24.1. The molecule has 0 aliphatic carbocycles. The van der Waals surface area contributed by atoms with Gasteiger partial charge >= 0.3 is 6.03 Å². The molecule has 3 N–H and O–H groups in total. The standard InChI is InChI=1S/C21H29N3O5/c1-28-16-7-5-6-15(12-16)22-21(27)23-18-9-8-17(29-19(18)14-25)13-20(26)24-10-3-2-4-11-24/h5-9,12,17-19,25H,2-4,10-11,13-14H2,1H3,(H2,22,23,27)/t17-,18+,19-/m0/s1. The molecule has 29 heavy (non-hydrogen) atoms. The Kier molecular flexibility index (Phi) is 7.48. The summed E-state index contributed by atoms with van der Waals surface area (Å²) in [6.07, 6.45) is 6.04. The van der Waals surface area contributed by atoms with Gasteiger partial charge in [0, 0.05) is 24.8 Å². The molecule has 1 aromatic rings. The number of methoxy groups -OCH3 is 1. The number of hydrogen-bond acceptors (Lipinski definition) is 5. The molecule has 0 bridgehead atoms. The van der Waals surface area contributed by atoms with Crippen LogP contribution in [0.4, 0.5) is 10.5 Å². The highest BCUT2D eigenvalue weighted by Gasteiger charge is 2.30. The second-order valence-electron chi connectivity index (χ2n) is 7.28. The molecule has 1 saturated heterocycles. The lowest BCUT2D eigenvalue weighted by Crippen LogP contribution is -2.50. The summed E-state index contributed by atoms with van der Waals surface area (Å²) in [5.74, 6) is 0.705. The van der Waals surface area contributed by atoms with E-state index in [1.54, 1.807) is 43.5 Å². The number of hydrogen-bond donors (Lipinski definition) is 3. The van der Waals surface area contributed by atoms with Crippen LogP contribution in [0, 0.1) is 0 Å². The highest BCUT2D eigenvalue weighted by atomic mass is 16.5. The van der Waals surface area contributed by atoms with Crippen molar-refractivity contribution in [3.63, 3.8) is 0 Å². The van der Waals surface area contributed by atoms with Gasteiger partial charge in [-0.15, -0.1) is 0 Å². The summed E-state index contributed by atoms with van der Waals surface area (Å²) in [5.41, 5.74) is 0.591. The molecule has 3 amide bonds. The molecular formula is C21H29N3O5. The van der Waals surface area contributed by atoms with E-state index >= 15 is 0 Å². The number of carbonyl (C=O) groups excluding carboxylic acids is 2. The molecule has 2 heterocycles. The highest BCUT2D eigenvalue weighted by molar-refractivity contribution is 5.89. The molecule has 8 heteroatoms. The molecule has 1 fully saturated rings. The van der Waals surface area contributed by atoms with Gasteiger partial charge in [0.2, 0.25) is 5.91 Å². The Morgan fingerprint density at radius 1 is 1.24 bits per heavy atom. The van der Waals surface area contributed by atoms with Crippen LogP contribution in [0.1, 0.15) is 25.7 Å². The van der Waals surface area contributed by atoms with Crippen LogP contribution in [0.25, 0.3) is 0 Å². The molecule has 0 radical (unpaired) electrons. The van der Waals surface area contributed by atoms with Crippen LogP contribution >= 0.6 is 0 Å². The number of rotatable bonds is 6. The van der Waals surface area contributed by atoms with E-state index in [2.05, 4.69) is 10.6 Å². The Labute approximate surface area is 170 Å². The Hall–Kier alpha value is -2.58. The summed E-state index contributed by atoms with van der Waals surface area (Å²) in [5, 5.41) is 15.2. The zero-order valence-electron chi connectivity index (χ0n) is 16.7. The van der Waals surface area contributed by atoms with Crippen LogP contribution in [0.5, 0.6) is 5.75 Å². The van der Waals surface area contributed by atoms with Crippen LogP contribution in [-0.4, -0.2) is 67.0 Å². The minimum Gasteiger partial charge on any atom is -0.497 e. The van der Waals surface area contributed by atoms with Crippen molar-refractivity contribution < 1.29 is 24.2 Å². The van der Waals surface area contributed by atoms with Crippen molar-refractivity contribution in [3.8, 4) is 5.75 Å². The van der Waals surface area contributed by atoms with Gasteiger partial charge in [0.05, 0.1) is 32.3 Å². The molecule has 0 aromatic heterocycles. The molecule has 3 atom stereocenters.